The number of rotatable bonds is 6. The maximum Gasteiger partial charge on any atom is 0.241 e. The van der Waals surface area contributed by atoms with Gasteiger partial charge in [-0.15, -0.1) is 12.4 Å². The van der Waals surface area contributed by atoms with Crippen molar-refractivity contribution in [1.29, 1.82) is 0 Å². The molecule has 23 heavy (non-hydrogen) atoms. The fourth-order valence-electron chi connectivity index (χ4n) is 1.96. The van der Waals surface area contributed by atoms with E-state index in [4.69, 9.17) is 5.73 Å². The molecule has 0 saturated heterocycles. The molecule has 0 bridgehead atoms. The maximum atomic E-state index is 12.2. The maximum absolute atomic E-state index is 12.2. The molecule has 1 aromatic carbocycles. The van der Waals surface area contributed by atoms with Gasteiger partial charge in [0.05, 0.1) is 6.04 Å². The third kappa shape index (κ3) is 7.95. The zero-order chi connectivity index (χ0) is 16.9. The van der Waals surface area contributed by atoms with Gasteiger partial charge in [-0.25, -0.2) is 0 Å². The molecule has 132 valence electrons. The number of nitrogens with two attached hydrogens (primary N) is 1. The molecule has 0 saturated carbocycles. The molecule has 3 N–H and O–H groups in total. The number of hydrogen-bond acceptors (Lipinski definition) is 3. The molecule has 4 nitrogen and oxygen atoms in total. The van der Waals surface area contributed by atoms with Crippen molar-refractivity contribution in [2.75, 3.05) is 5.32 Å². The lowest BCUT2D eigenvalue weighted by atomic mass is 10.0. The molecule has 1 unspecified atom stereocenters. The van der Waals surface area contributed by atoms with Crippen LogP contribution in [0.5, 0.6) is 0 Å². The van der Waals surface area contributed by atoms with Gasteiger partial charge in [0.25, 0.3) is 0 Å². The molecule has 0 aliphatic rings. The van der Waals surface area contributed by atoms with Gasteiger partial charge in [0.15, 0.2) is 0 Å². The van der Waals surface area contributed by atoms with Crippen LogP contribution in [0.15, 0.2) is 24.3 Å². The van der Waals surface area contributed by atoms with Crippen LogP contribution in [0.2, 0.25) is 0 Å². The van der Waals surface area contributed by atoms with Crippen molar-refractivity contribution in [3.05, 3.63) is 29.8 Å². The summed E-state index contributed by atoms with van der Waals surface area (Å²) in [6.45, 7) is 9.95. The van der Waals surface area contributed by atoms with Gasteiger partial charge in [-0.1, -0.05) is 26.0 Å². The number of carbonyl (C=O) groups is 1. The van der Waals surface area contributed by atoms with E-state index in [1.165, 1.54) is 0 Å². The largest absolute Gasteiger partial charge is 0.325 e. The van der Waals surface area contributed by atoms with E-state index in [0.29, 0.717) is 23.8 Å². The molecule has 0 aliphatic carbocycles. The predicted octanol–water partition coefficient (Wildman–Crippen LogP) is 3.47. The average Bonchev–Trinajstić information content (AvgIpc) is 2.37. The van der Waals surface area contributed by atoms with Crippen LogP contribution in [0.4, 0.5) is 5.69 Å². The Kier molecular flexibility index (Phi) is 9.03. The zero-order valence-corrected chi connectivity index (χ0v) is 16.2. The Morgan fingerprint density at radius 3 is 2.43 bits per heavy atom. The van der Waals surface area contributed by atoms with Crippen LogP contribution in [0.1, 0.15) is 46.6 Å². The molecule has 1 amide bonds. The Morgan fingerprint density at radius 2 is 1.91 bits per heavy atom. The lowest BCUT2D eigenvalue weighted by Gasteiger charge is -2.18. The van der Waals surface area contributed by atoms with Crippen molar-refractivity contribution in [2.24, 2.45) is 11.7 Å². The Labute approximate surface area is 148 Å². The molecule has 0 heterocycles. The number of amides is 1. The Bertz CT molecular complexity index is 542. The Balaban J connectivity index is 0.00000484. The zero-order valence-electron chi connectivity index (χ0n) is 14.6. The van der Waals surface area contributed by atoms with Crippen molar-refractivity contribution in [3.8, 4) is 0 Å². The lowest BCUT2D eigenvalue weighted by Crippen LogP contribution is -2.36. The number of benzene rings is 1. The van der Waals surface area contributed by atoms with E-state index in [0.717, 1.165) is 5.56 Å². The van der Waals surface area contributed by atoms with Crippen molar-refractivity contribution < 1.29 is 9.00 Å². The fraction of sp³-hybridized carbons (Fsp3) is 0.588. The topological polar surface area (TPSA) is 72.2 Å². The van der Waals surface area contributed by atoms with Gasteiger partial charge in [-0.2, -0.15) is 0 Å². The highest BCUT2D eigenvalue weighted by atomic mass is 35.5. The van der Waals surface area contributed by atoms with E-state index in [2.05, 4.69) is 5.32 Å². The summed E-state index contributed by atoms with van der Waals surface area (Å²) in [4.78, 5) is 12.0. The molecule has 0 aliphatic heterocycles. The summed E-state index contributed by atoms with van der Waals surface area (Å²) in [5, 5.41) is 2.84. The van der Waals surface area contributed by atoms with Crippen molar-refractivity contribution in [1.82, 2.24) is 0 Å². The van der Waals surface area contributed by atoms with Gasteiger partial charge in [0.1, 0.15) is 0 Å². The van der Waals surface area contributed by atoms with Crippen LogP contribution >= 0.6 is 12.4 Å². The molecular weight excluding hydrogens is 332 g/mol. The molecule has 0 aromatic heterocycles. The first-order valence-electron chi connectivity index (χ1n) is 7.63. The highest BCUT2D eigenvalue weighted by molar-refractivity contribution is 7.85. The van der Waals surface area contributed by atoms with Crippen molar-refractivity contribution in [2.45, 2.75) is 57.6 Å². The number of anilines is 1. The van der Waals surface area contributed by atoms with Crippen molar-refractivity contribution in [3.63, 3.8) is 0 Å². The summed E-state index contributed by atoms with van der Waals surface area (Å²) in [7, 11) is -0.963. The van der Waals surface area contributed by atoms with Gasteiger partial charge in [-0.05, 0) is 50.8 Å². The highest BCUT2D eigenvalue weighted by Crippen LogP contribution is 2.19. The lowest BCUT2D eigenvalue weighted by molar-refractivity contribution is -0.117. The summed E-state index contributed by atoms with van der Waals surface area (Å²) in [5.74, 6) is 0.676. The minimum Gasteiger partial charge on any atom is -0.325 e. The number of carbonyl (C=O) groups excluding carboxylic acids is 1. The van der Waals surface area contributed by atoms with Gasteiger partial charge < -0.3 is 11.1 Å². The third-order valence-electron chi connectivity index (χ3n) is 3.24. The van der Waals surface area contributed by atoms with Crippen LogP contribution in [-0.4, -0.2) is 20.9 Å². The van der Waals surface area contributed by atoms with E-state index in [9.17, 15) is 9.00 Å². The standard InChI is InChI=1S/C17H28N2O2S.ClH/c1-12(2)9-15(18)16(20)19-14-8-6-7-13(10-14)11-22(21)17(3,4)5;/h6-8,10,12,15H,9,11,18H2,1-5H3,(H,19,20);1H/t15-,22?;/m0./s1. The summed E-state index contributed by atoms with van der Waals surface area (Å²) < 4.78 is 11.9. The summed E-state index contributed by atoms with van der Waals surface area (Å²) >= 11 is 0. The molecular formula is C17H29ClN2O2S. The van der Waals surface area contributed by atoms with Gasteiger partial charge in [-0.3, -0.25) is 9.00 Å². The van der Waals surface area contributed by atoms with Crippen LogP contribution in [0.3, 0.4) is 0 Å². The summed E-state index contributed by atoms with van der Waals surface area (Å²) in [6, 6.07) is 6.96. The second-order valence-electron chi connectivity index (χ2n) is 7.03. The molecule has 2 atom stereocenters. The van der Waals surface area contributed by atoms with Gasteiger partial charge >= 0.3 is 0 Å². The minimum absolute atomic E-state index is 0. The van der Waals surface area contributed by atoms with Gasteiger partial charge in [0, 0.05) is 27.0 Å². The average molecular weight is 361 g/mol. The van der Waals surface area contributed by atoms with Crippen LogP contribution in [0, 0.1) is 5.92 Å². The molecule has 6 heteroatoms. The molecule has 1 rings (SSSR count). The quantitative estimate of drug-likeness (QED) is 0.815. The first-order valence-corrected chi connectivity index (χ1v) is 8.95. The number of hydrogen-bond donors (Lipinski definition) is 2. The third-order valence-corrected chi connectivity index (χ3v) is 5.20. The van der Waals surface area contributed by atoms with E-state index < -0.39 is 16.8 Å². The smallest absolute Gasteiger partial charge is 0.241 e. The van der Waals surface area contributed by atoms with E-state index in [1.807, 2.05) is 58.9 Å². The van der Waals surface area contributed by atoms with E-state index in [1.54, 1.807) is 0 Å². The van der Waals surface area contributed by atoms with Crippen molar-refractivity contribution >= 4 is 34.8 Å². The Morgan fingerprint density at radius 1 is 1.30 bits per heavy atom. The Hall–Kier alpha value is -0.910. The summed E-state index contributed by atoms with van der Waals surface area (Å²) in [6.07, 6.45) is 0.652. The molecule has 1 aromatic rings. The molecule has 0 fully saturated rings. The SMILES string of the molecule is CC(C)C[C@H](N)C(=O)Nc1cccc(CS(=O)C(C)(C)C)c1.Cl. The second-order valence-corrected chi connectivity index (χ2v) is 9.23. The first kappa shape index (κ1) is 22.1. The normalized spacial score (nSPS) is 14.0. The number of nitrogens with one attached hydrogen (secondary N) is 1. The number of halogens is 1. The second kappa shape index (κ2) is 9.40. The van der Waals surface area contributed by atoms with Crippen LogP contribution in [-0.2, 0) is 21.3 Å². The summed E-state index contributed by atoms with van der Waals surface area (Å²) in [5.41, 5.74) is 7.53. The van der Waals surface area contributed by atoms with E-state index >= 15 is 0 Å². The molecule has 0 radical (unpaired) electrons. The monoisotopic (exact) mass is 360 g/mol. The minimum atomic E-state index is -0.963. The predicted molar refractivity (Wildman–Crippen MR) is 101 cm³/mol. The first-order chi connectivity index (χ1) is 10.1. The van der Waals surface area contributed by atoms with Crippen LogP contribution in [0.25, 0.3) is 0 Å². The molecule has 0 spiro atoms. The fourth-order valence-corrected chi connectivity index (χ4v) is 2.87. The van der Waals surface area contributed by atoms with Gasteiger partial charge in [0.2, 0.25) is 5.91 Å². The van der Waals surface area contributed by atoms with Crippen LogP contribution < -0.4 is 11.1 Å². The highest BCUT2D eigenvalue weighted by Gasteiger charge is 2.20. The van der Waals surface area contributed by atoms with E-state index in [-0.39, 0.29) is 23.1 Å².